The normalized spacial score (nSPS) is 11.6. The lowest BCUT2D eigenvalue weighted by Gasteiger charge is -2.30. The Morgan fingerprint density at radius 3 is 1.73 bits per heavy atom. The maximum absolute atomic E-state index is 2.48. The molecule has 56 heavy (non-hydrogen) atoms. The summed E-state index contributed by atoms with van der Waals surface area (Å²) in [6, 6.07) is 79.5. The third kappa shape index (κ3) is 5.11. The van der Waals surface area contributed by atoms with Gasteiger partial charge in [0.25, 0.3) is 0 Å². The predicted octanol–water partition coefficient (Wildman–Crippen LogP) is 15.0. The van der Waals surface area contributed by atoms with Crippen molar-refractivity contribution in [2.75, 3.05) is 4.90 Å². The summed E-state index contributed by atoms with van der Waals surface area (Å²) in [5.74, 6) is 0. The Labute approximate surface area is 325 Å². The number of anilines is 3. The van der Waals surface area contributed by atoms with Gasteiger partial charge in [0.05, 0.1) is 22.4 Å². The largest absolute Gasteiger partial charge is 0.309 e. The van der Waals surface area contributed by atoms with E-state index in [2.05, 4.69) is 228 Å². The second-order valence-electron chi connectivity index (χ2n) is 14.5. The number of fused-ring (bicyclic) bond motifs is 8. The van der Waals surface area contributed by atoms with Gasteiger partial charge in [0.2, 0.25) is 0 Å². The number of para-hydroxylation sites is 3. The highest BCUT2D eigenvalue weighted by Gasteiger charge is 2.23. The smallest absolute Gasteiger partial charge is 0.0625 e. The minimum atomic E-state index is 1.10. The molecular formula is C54H36N2. The van der Waals surface area contributed by atoms with E-state index in [1.807, 2.05) is 0 Å². The van der Waals surface area contributed by atoms with Crippen molar-refractivity contribution in [3.63, 3.8) is 0 Å². The fraction of sp³-hybridized carbons (Fsp3) is 0. The van der Waals surface area contributed by atoms with Gasteiger partial charge in [-0.05, 0) is 86.8 Å². The molecule has 1 heterocycles. The van der Waals surface area contributed by atoms with Gasteiger partial charge in [-0.2, -0.15) is 0 Å². The molecule has 0 amide bonds. The molecule has 0 aliphatic carbocycles. The summed E-state index contributed by atoms with van der Waals surface area (Å²) in [5, 5.41) is 9.87. The Morgan fingerprint density at radius 2 is 0.929 bits per heavy atom. The van der Waals surface area contributed by atoms with E-state index < -0.39 is 0 Å². The number of hydrogen-bond acceptors (Lipinski definition) is 1. The molecule has 0 radical (unpaired) electrons. The molecule has 2 heteroatoms. The van der Waals surface area contributed by atoms with E-state index in [1.54, 1.807) is 0 Å². The molecule has 2 nitrogen and oxygen atoms in total. The zero-order chi connectivity index (χ0) is 37.0. The van der Waals surface area contributed by atoms with Gasteiger partial charge in [-0.3, -0.25) is 0 Å². The molecule has 1 aromatic heterocycles. The van der Waals surface area contributed by atoms with E-state index in [4.69, 9.17) is 0 Å². The zero-order valence-corrected chi connectivity index (χ0v) is 30.7. The average molecular weight is 713 g/mol. The maximum atomic E-state index is 2.48. The molecule has 0 atom stereocenters. The lowest BCUT2D eigenvalue weighted by Crippen LogP contribution is -2.12. The van der Waals surface area contributed by atoms with Crippen molar-refractivity contribution in [2.45, 2.75) is 0 Å². The standard InChI is InChI=1S/C54H36N2/c1-3-18-37(19-4-1)44-27-13-15-32-50(44)55(52-36-40-21-7-9-26-43(40)46-29-11-12-30-47(46)52)42-25-17-22-38(34-42)49-35-39-20-8-10-28-45(39)54-53(49)48-31-14-16-33-51(48)56(54)41-23-5-2-6-24-41/h1-36H. The molecule has 0 spiro atoms. The van der Waals surface area contributed by atoms with Crippen LogP contribution in [0.2, 0.25) is 0 Å². The number of rotatable bonds is 6. The van der Waals surface area contributed by atoms with E-state index >= 15 is 0 Å². The molecule has 0 unspecified atom stereocenters. The van der Waals surface area contributed by atoms with Crippen molar-refractivity contribution in [1.29, 1.82) is 0 Å². The van der Waals surface area contributed by atoms with Gasteiger partial charge >= 0.3 is 0 Å². The number of hydrogen-bond donors (Lipinski definition) is 0. The molecule has 0 aliphatic heterocycles. The van der Waals surface area contributed by atoms with Crippen LogP contribution in [0, 0.1) is 0 Å². The first-order valence-corrected chi connectivity index (χ1v) is 19.3. The second kappa shape index (κ2) is 13.2. The van der Waals surface area contributed by atoms with Gasteiger partial charge in [-0.1, -0.05) is 170 Å². The monoisotopic (exact) mass is 712 g/mol. The first kappa shape index (κ1) is 32.0. The summed E-state index contributed by atoms with van der Waals surface area (Å²) in [4.78, 5) is 2.48. The average Bonchev–Trinajstić information content (AvgIpc) is 3.63. The third-order valence-electron chi connectivity index (χ3n) is 11.3. The molecule has 262 valence electrons. The minimum Gasteiger partial charge on any atom is -0.309 e. The SMILES string of the molecule is c1ccc(-c2ccccc2N(c2cccc(-c3cc4ccccc4c4c3c3ccccc3n4-c3ccccc3)c2)c2cc3ccccc3c3ccccc23)cc1. The number of nitrogens with zero attached hydrogens (tertiary/aromatic N) is 2. The molecule has 0 saturated heterocycles. The van der Waals surface area contributed by atoms with Gasteiger partial charge in [0.1, 0.15) is 0 Å². The van der Waals surface area contributed by atoms with Crippen molar-refractivity contribution in [3.05, 3.63) is 218 Å². The summed E-state index contributed by atoms with van der Waals surface area (Å²) < 4.78 is 2.45. The second-order valence-corrected chi connectivity index (χ2v) is 14.5. The quantitative estimate of drug-likeness (QED) is 0.156. The van der Waals surface area contributed by atoms with Crippen LogP contribution in [-0.4, -0.2) is 4.57 Å². The van der Waals surface area contributed by atoms with Crippen LogP contribution in [0.4, 0.5) is 17.1 Å². The molecule has 0 bridgehead atoms. The van der Waals surface area contributed by atoms with Gasteiger partial charge < -0.3 is 9.47 Å². The van der Waals surface area contributed by atoms with E-state index in [1.165, 1.54) is 76.4 Å². The van der Waals surface area contributed by atoms with Crippen molar-refractivity contribution in [2.24, 2.45) is 0 Å². The molecule has 0 saturated carbocycles. The third-order valence-corrected chi connectivity index (χ3v) is 11.3. The molecular weight excluding hydrogens is 677 g/mol. The minimum absolute atomic E-state index is 1.10. The summed E-state index contributed by atoms with van der Waals surface area (Å²) in [5.41, 5.74) is 11.7. The van der Waals surface area contributed by atoms with Crippen LogP contribution in [0.5, 0.6) is 0 Å². The van der Waals surface area contributed by atoms with Crippen LogP contribution in [0.15, 0.2) is 218 Å². The van der Waals surface area contributed by atoms with Gasteiger partial charge in [-0.15, -0.1) is 0 Å². The Hall–Kier alpha value is -7.42. The Balaban J connectivity index is 1.23. The topological polar surface area (TPSA) is 8.17 Å². The summed E-state index contributed by atoms with van der Waals surface area (Å²) in [6.45, 7) is 0. The van der Waals surface area contributed by atoms with Crippen LogP contribution in [0.3, 0.4) is 0 Å². The molecule has 0 aliphatic rings. The molecule has 10 aromatic carbocycles. The molecule has 0 N–H and O–H groups in total. The Bertz CT molecular complexity index is 3250. The molecule has 0 fully saturated rings. The first-order valence-electron chi connectivity index (χ1n) is 19.3. The highest BCUT2D eigenvalue weighted by atomic mass is 15.1. The fourth-order valence-corrected chi connectivity index (χ4v) is 8.88. The van der Waals surface area contributed by atoms with Crippen molar-refractivity contribution < 1.29 is 0 Å². The van der Waals surface area contributed by atoms with Crippen LogP contribution >= 0.6 is 0 Å². The molecule has 11 aromatic rings. The maximum Gasteiger partial charge on any atom is 0.0625 e. The van der Waals surface area contributed by atoms with Gasteiger partial charge in [0.15, 0.2) is 0 Å². The van der Waals surface area contributed by atoms with E-state index in [-0.39, 0.29) is 0 Å². The summed E-state index contributed by atoms with van der Waals surface area (Å²) in [7, 11) is 0. The van der Waals surface area contributed by atoms with E-state index in [9.17, 15) is 0 Å². The van der Waals surface area contributed by atoms with Crippen LogP contribution < -0.4 is 4.90 Å². The summed E-state index contributed by atoms with van der Waals surface area (Å²) in [6.07, 6.45) is 0. The lowest BCUT2D eigenvalue weighted by atomic mass is 9.94. The fourth-order valence-electron chi connectivity index (χ4n) is 8.88. The van der Waals surface area contributed by atoms with E-state index in [0.29, 0.717) is 0 Å². The zero-order valence-electron chi connectivity index (χ0n) is 30.7. The Morgan fingerprint density at radius 1 is 0.339 bits per heavy atom. The molecule has 11 rings (SSSR count). The summed E-state index contributed by atoms with van der Waals surface area (Å²) >= 11 is 0. The number of aromatic nitrogens is 1. The van der Waals surface area contributed by atoms with Gasteiger partial charge in [0, 0.05) is 38.5 Å². The predicted molar refractivity (Wildman–Crippen MR) is 239 cm³/mol. The van der Waals surface area contributed by atoms with Crippen LogP contribution in [-0.2, 0) is 0 Å². The first-order chi connectivity index (χ1) is 27.8. The van der Waals surface area contributed by atoms with Crippen LogP contribution in [0.25, 0.3) is 82.1 Å². The van der Waals surface area contributed by atoms with E-state index in [0.717, 1.165) is 22.7 Å². The highest BCUT2D eigenvalue weighted by Crippen LogP contribution is 2.48. The Kier molecular flexibility index (Phi) is 7.53. The van der Waals surface area contributed by atoms with Crippen LogP contribution in [0.1, 0.15) is 0 Å². The highest BCUT2D eigenvalue weighted by molar-refractivity contribution is 6.24. The van der Waals surface area contributed by atoms with Crippen molar-refractivity contribution in [3.8, 4) is 27.9 Å². The van der Waals surface area contributed by atoms with Crippen molar-refractivity contribution >= 4 is 71.2 Å². The van der Waals surface area contributed by atoms with Crippen molar-refractivity contribution in [1.82, 2.24) is 4.57 Å². The number of benzene rings is 10. The lowest BCUT2D eigenvalue weighted by molar-refractivity contribution is 1.19. The van der Waals surface area contributed by atoms with Gasteiger partial charge in [-0.25, -0.2) is 0 Å².